The molecule has 1 N–H and O–H groups in total. The molecular formula is C49H62N2O4. The highest BCUT2D eigenvalue weighted by molar-refractivity contribution is 5.82. The Balaban J connectivity index is 1.70. The minimum absolute atomic E-state index is 0.101. The third-order valence-corrected chi connectivity index (χ3v) is 8.24. The molecule has 0 aliphatic carbocycles. The van der Waals surface area contributed by atoms with Gasteiger partial charge in [-0.1, -0.05) is 57.2 Å². The molecule has 0 amide bonds. The van der Waals surface area contributed by atoms with Gasteiger partial charge >= 0.3 is 0 Å². The molecule has 0 saturated carbocycles. The van der Waals surface area contributed by atoms with Gasteiger partial charge in [0.1, 0.15) is 22.4 Å². The average molecular weight is 743 g/mol. The van der Waals surface area contributed by atoms with Crippen LogP contribution in [0, 0.1) is 0 Å². The molecular weight excluding hydrogens is 681 g/mol. The number of hydrogen-bond acceptors (Lipinski definition) is 6. The maximum atomic E-state index is 6.70. The van der Waals surface area contributed by atoms with Crippen LogP contribution in [-0.2, 0) is 5.41 Å². The zero-order valence-corrected chi connectivity index (χ0v) is 35.8. The quantitative estimate of drug-likeness (QED) is 0.162. The zero-order chi connectivity index (χ0) is 40.6. The summed E-state index contributed by atoms with van der Waals surface area (Å²) in [6.07, 6.45) is 0. The second-order valence-electron chi connectivity index (χ2n) is 19.3. The number of anilines is 2. The van der Waals surface area contributed by atoms with E-state index in [1.165, 1.54) is 5.56 Å². The number of para-hydroxylation sites is 2. The van der Waals surface area contributed by atoms with Crippen molar-refractivity contribution in [3.63, 3.8) is 0 Å². The van der Waals surface area contributed by atoms with Crippen LogP contribution < -0.4 is 24.3 Å². The first-order valence-electron chi connectivity index (χ1n) is 19.4. The topological polar surface area (TPSA) is 61.8 Å². The molecule has 0 bridgehead atoms. The fourth-order valence-corrected chi connectivity index (χ4v) is 6.02. The molecule has 0 saturated heterocycles. The SMILES string of the molecule is CC(C)(C)Oc1cccc(-c2cc(-c3ccc(Nc4ccc(C(C)(C)C)cc4)cc3)cc(-c3cccc(OC(C)(C)C)c3OC(C)(C)C)n2)c1OC(C)(C)C. The van der Waals surface area contributed by atoms with Gasteiger partial charge in [0.15, 0.2) is 23.0 Å². The number of ether oxygens (including phenoxy) is 4. The highest BCUT2D eigenvalue weighted by Crippen LogP contribution is 2.45. The van der Waals surface area contributed by atoms with Crippen molar-refractivity contribution >= 4 is 11.4 Å². The predicted octanol–water partition coefficient (Wildman–Crippen LogP) is 13.8. The number of hydrogen-bond donors (Lipinski definition) is 1. The summed E-state index contributed by atoms with van der Waals surface area (Å²) in [6.45, 7) is 31.2. The number of aromatic nitrogens is 1. The summed E-state index contributed by atoms with van der Waals surface area (Å²) in [5.74, 6) is 2.62. The molecule has 1 aromatic heterocycles. The fourth-order valence-electron chi connectivity index (χ4n) is 6.02. The van der Waals surface area contributed by atoms with E-state index in [9.17, 15) is 0 Å². The summed E-state index contributed by atoms with van der Waals surface area (Å²) in [4.78, 5) is 5.37. The molecule has 0 unspecified atom stereocenters. The van der Waals surface area contributed by atoms with E-state index in [1.807, 2.05) is 107 Å². The van der Waals surface area contributed by atoms with Crippen LogP contribution in [0.2, 0.25) is 0 Å². The Kier molecular flexibility index (Phi) is 11.4. The lowest BCUT2D eigenvalue weighted by Crippen LogP contribution is -2.27. The molecule has 0 aliphatic heterocycles. The first-order chi connectivity index (χ1) is 25.3. The van der Waals surface area contributed by atoms with E-state index >= 15 is 0 Å². The molecule has 292 valence electrons. The van der Waals surface area contributed by atoms with E-state index in [-0.39, 0.29) is 5.41 Å². The van der Waals surface area contributed by atoms with E-state index in [1.54, 1.807) is 0 Å². The third kappa shape index (κ3) is 11.5. The van der Waals surface area contributed by atoms with Gasteiger partial charge < -0.3 is 24.3 Å². The molecule has 6 heteroatoms. The van der Waals surface area contributed by atoms with Crippen LogP contribution in [0.4, 0.5) is 11.4 Å². The summed E-state index contributed by atoms with van der Waals surface area (Å²) in [5.41, 5.74) is 6.78. The highest BCUT2D eigenvalue weighted by Gasteiger charge is 2.27. The van der Waals surface area contributed by atoms with Crippen molar-refractivity contribution in [1.82, 2.24) is 4.98 Å². The van der Waals surface area contributed by atoms with Crippen LogP contribution in [0.1, 0.15) is 109 Å². The Labute approximate surface area is 330 Å². The van der Waals surface area contributed by atoms with Gasteiger partial charge in [-0.15, -0.1) is 0 Å². The minimum atomic E-state index is -0.491. The van der Waals surface area contributed by atoms with Crippen molar-refractivity contribution < 1.29 is 18.9 Å². The van der Waals surface area contributed by atoms with Gasteiger partial charge in [0.2, 0.25) is 0 Å². The average Bonchev–Trinajstić information content (AvgIpc) is 3.04. The van der Waals surface area contributed by atoms with E-state index in [4.69, 9.17) is 23.9 Å². The fraction of sp³-hybridized carbons (Fsp3) is 0.408. The summed E-state index contributed by atoms with van der Waals surface area (Å²) in [6, 6.07) is 33.5. The number of nitrogens with zero attached hydrogens (tertiary/aromatic N) is 1. The summed E-state index contributed by atoms with van der Waals surface area (Å²) in [5, 5.41) is 3.57. The molecule has 0 radical (unpaired) electrons. The third-order valence-electron chi connectivity index (χ3n) is 8.24. The highest BCUT2D eigenvalue weighted by atomic mass is 16.5. The summed E-state index contributed by atoms with van der Waals surface area (Å²) >= 11 is 0. The smallest absolute Gasteiger partial charge is 0.171 e. The molecule has 6 nitrogen and oxygen atoms in total. The van der Waals surface area contributed by atoms with E-state index in [2.05, 4.69) is 98.9 Å². The number of pyridine rings is 1. The summed E-state index contributed by atoms with van der Waals surface area (Å²) < 4.78 is 26.4. The van der Waals surface area contributed by atoms with Crippen LogP contribution in [0.25, 0.3) is 33.6 Å². The van der Waals surface area contributed by atoms with Crippen molar-refractivity contribution in [2.75, 3.05) is 5.32 Å². The van der Waals surface area contributed by atoms with Gasteiger partial charge in [0, 0.05) is 22.5 Å². The van der Waals surface area contributed by atoms with Crippen LogP contribution in [-0.4, -0.2) is 27.4 Å². The lowest BCUT2D eigenvalue weighted by Gasteiger charge is -2.29. The number of benzene rings is 4. The maximum absolute atomic E-state index is 6.70. The molecule has 55 heavy (non-hydrogen) atoms. The predicted molar refractivity (Wildman–Crippen MR) is 230 cm³/mol. The normalized spacial score (nSPS) is 12.6. The Morgan fingerprint density at radius 3 is 1.16 bits per heavy atom. The van der Waals surface area contributed by atoms with Crippen molar-refractivity contribution in [3.8, 4) is 56.6 Å². The minimum Gasteiger partial charge on any atom is -0.484 e. The Hall–Kier alpha value is -4.97. The van der Waals surface area contributed by atoms with Gasteiger partial charge in [-0.25, -0.2) is 4.98 Å². The molecule has 5 aromatic rings. The van der Waals surface area contributed by atoms with Gasteiger partial charge in [0.25, 0.3) is 0 Å². The number of nitrogens with one attached hydrogen (secondary N) is 1. The monoisotopic (exact) mass is 742 g/mol. The number of rotatable bonds is 9. The second kappa shape index (κ2) is 15.3. The van der Waals surface area contributed by atoms with Gasteiger partial charge in [0.05, 0.1) is 11.4 Å². The molecule has 5 rings (SSSR count). The first kappa shape index (κ1) is 41.2. The first-order valence-corrected chi connectivity index (χ1v) is 19.4. The standard InChI is InChI=1S/C49H62N2O4/c1-45(2,3)34-24-28-36(29-25-34)50-35-26-22-32(23-27-35)33-30-39(37-18-16-20-41(52-46(4,5)6)43(37)54-48(10,11)12)51-40(31-33)38-19-17-21-42(53-47(7,8)9)44(38)55-49(13,14)15/h16-31,50H,1-15H3. The lowest BCUT2D eigenvalue weighted by atomic mass is 9.87. The van der Waals surface area contributed by atoms with Crippen molar-refractivity contribution in [2.24, 2.45) is 0 Å². The van der Waals surface area contributed by atoms with Crippen molar-refractivity contribution in [3.05, 3.63) is 103 Å². The van der Waals surface area contributed by atoms with Crippen LogP contribution >= 0.6 is 0 Å². The Morgan fingerprint density at radius 2 is 0.800 bits per heavy atom. The van der Waals surface area contributed by atoms with E-state index < -0.39 is 22.4 Å². The molecule has 0 spiro atoms. The maximum Gasteiger partial charge on any atom is 0.171 e. The molecule has 4 aromatic carbocycles. The van der Waals surface area contributed by atoms with Gasteiger partial charge in [-0.05, 0) is 166 Å². The zero-order valence-electron chi connectivity index (χ0n) is 35.8. The van der Waals surface area contributed by atoms with Gasteiger partial charge in [-0.2, -0.15) is 0 Å². The Morgan fingerprint density at radius 1 is 0.418 bits per heavy atom. The Bertz CT molecular complexity index is 1980. The van der Waals surface area contributed by atoms with Gasteiger partial charge in [-0.3, -0.25) is 0 Å². The lowest BCUT2D eigenvalue weighted by molar-refractivity contribution is 0.0963. The molecule has 0 atom stereocenters. The molecule has 0 fully saturated rings. The molecule has 0 aliphatic rings. The van der Waals surface area contributed by atoms with Crippen LogP contribution in [0.5, 0.6) is 23.0 Å². The van der Waals surface area contributed by atoms with Crippen molar-refractivity contribution in [1.29, 1.82) is 0 Å². The van der Waals surface area contributed by atoms with E-state index in [0.29, 0.717) is 23.0 Å². The van der Waals surface area contributed by atoms with E-state index in [0.717, 1.165) is 45.0 Å². The second-order valence-corrected chi connectivity index (χ2v) is 19.3. The largest absolute Gasteiger partial charge is 0.484 e. The van der Waals surface area contributed by atoms with Crippen LogP contribution in [0.3, 0.4) is 0 Å². The van der Waals surface area contributed by atoms with Crippen molar-refractivity contribution in [2.45, 2.75) is 132 Å². The summed E-state index contributed by atoms with van der Waals surface area (Å²) in [7, 11) is 0. The molecule has 1 heterocycles. The van der Waals surface area contributed by atoms with Crippen LogP contribution in [0.15, 0.2) is 97.1 Å².